The molecule has 0 bridgehead atoms. The molecule has 2 aliphatic heterocycles. The molecule has 13 aromatic rings. The van der Waals surface area contributed by atoms with Gasteiger partial charge in [-0.3, -0.25) is 0 Å². The summed E-state index contributed by atoms with van der Waals surface area (Å²) in [6, 6.07) is 84.4. The maximum absolute atomic E-state index is 2.60. The van der Waals surface area contributed by atoms with E-state index in [9.17, 15) is 0 Å². The molecule has 5 heteroatoms. The fraction of sp³-hybridized carbons (Fsp3) is 0.327. The van der Waals surface area contributed by atoms with Crippen LogP contribution in [0.1, 0.15) is 211 Å². The molecule has 0 amide bonds. The van der Waals surface area contributed by atoms with Gasteiger partial charge in [0.2, 0.25) is 0 Å². The second kappa shape index (κ2) is 23.6. The molecule has 0 atom stereocenters. The zero-order valence-electron chi connectivity index (χ0n) is 66.1. The number of rotatable bonds is 6. The summed E-state index contributed by atoms with van der Waals surface area (Å²) < 4.78 is 5.12. The van der Waals surface area contributed by atoms with Crippen LogP contribution in [0.2, 0.25) is 0 Å². The summed E-state index contributed by atoms with van der Waals surface area (Å²) >= 11 is 0. The summed E-state index contributed by atoms with van der Waals surface area (Å²) in [7, 11) is 0. The van der Waals surface area contributed by atoms with Crippen molar-refractivity contribution >= 4 is 101 Å². The summed E-state index contributed by atoms with van der Waals surface area (Å²) in [4.78, 5) is 5.20. The van der Waals surface area contributed by atoms with Crippen LogP contribution in [0.3, 0.4) is 0 Å². The zero-order valence-corrected chi connectivity index (χ0v) is 66.1. The minimum atomic E-state index is -0.128. The molecule has 522 valence electrons. The smallest absolute Gasteiger partial charge is 0.252 e. The lowest BCUT2D eigenvalue weighted by Crippen LogP contribution is -2.61. The van der Waals surface area contributed by atoms with Crippen LogP contribution >= 0.6 is 0 Å². The van der Waals surface area contributed by atoms with Gasteiger partial charge in [-0.2, -0.15) is 0 Å². The Morgan fingerprint density at radius 1 is 0.214 bits per heavy atom. The summed E-state index contributed by atoms with van der Waals surface area (Å²) in [6.45, 7) is 55.9. The van der Waals surface area contributed by atoms with Gasteiger partial charge in [-0.05, 0) is 224 Å². The van der Waals surface area contributed by atoms with E-state index < -0.39 is 0 Å². The number of hydrogen-bond acceptors (Lipinski definition) is 2. The van der Waals surface area contributed by atoms with Gasteiger partial charge in [0, 0.05) is 67.0 Å². The first kappa shape index (κ1) is 69.4. The maximum Gasteiger partial charge on any atom is 0.252 e. The second-order valence-corrected chi connectivity index (χ2v) is 38.6. The highest BCUT2D eigenvalue weighted by molar-refractivity contribution is 7.00. The van der Waals surface area contributed by atoms with Crippen molar-refractivity contribution in [1.29, 1.82) is 0 Å². The SMILES string of the molecule is CC(C)(C)c1cc(-c2ccc(N3c4cc(-n5c6ccc(C(C)(C)C)cc6c6cc(C(C)(C)C)ccc65)ccc4B4c5ccc(-n6c7cc(C(C)(C)C)ccc7c7ccc(C(C)(C)C)cc76)cc5N(c5ccc(-c6cc(C(C)(C)C)cc(C(C)(C)C)c6)cc5)c5cccc3c54)cc2)cc(C(C)(C)C)c1. The molecule has 0 unspecified atom stereocenters. The largest absolute Gasteiger partial charge is 0.311 e. The Hall–Kier alpha value is -9.32. The average molecular weight is 1350 g/mol. The molecular weight excluding hydrogens is 1240 g/mol. The number of nitrogens with zero attached hydrogens (tertiary/aromatic N) is 4. The zero-order chi connectivity index (χ0) is 73.5. The Morgan fingerprint density at radius 3 is 0.845 bits per heavy atom. The third kappa shape index (κ3) is 12.1. The highest BCUT2D eigenvalue weighted by Crippen LogP contribution is 2.49. The Labute approximate surface area is 615 Å². The van der Waals surface area contributed by atoms with Gasteiger partial charge < -0.3 is 18.9 Å². The number of hydrogen-bond donors (Lipinski definition) is 0. The van der Waals surface area contributed by atoms with Crippen LogP contribution in [0.4, 0.5) is 34.1 Å². The van der Waals surface area contributed by atoms with Crippen molar-refractivity contribution in [2.45, 2.75) is 209 Å². The van der Waals surface area contributed by atoms with Gasteiger partial charge in [-0.25, -0.2) is 0 Å². The molecule has 103 heavy (non-hydrogen) atoms. The Balaban J connectivity index is 1.00. The van der Waals surface area contributed by atoms with Crippen LogP contribution in [-0.4, -0.2) is 15.8 Å². The van der Waals surface area contributed by atoms with E-state index in [4.69, 9.17) is 0 Å². The van der Waals surface area contributed by atoms with Crippen molar-refractivity contribution in [2.24, 2.45) is 0 Å². The Kier molecular flexibility index (Phi) is 15.9. The predicted molar refractivity (Wildman–Crippen MR) is 450 cm³/mol. The first-order valence-electron chi connectivity index (χ1n) is 37.8. The molecule has 2 aliphatic rings. The van der Waals surface area contributed by atoms with Crippen LogP contribution in [0.5, 0.6) is 0 Å². The third-order valence-corrected chi connectivity index (χ3v) is 22.7. The summed E-state index contributed by atoms with van der Waals surface area (Å²) in [5.74, 6) is 0. The van der Waals surface area contributed by atoms with E-state index in [1.807, 2.05) is 0 Å². The van der Waals surface area contributed by atoms with Crippen molar-refractivity contribution in [1.82, 2.24) is 9.13 Å². The standard InChI is InChI=1S/C98H107BN4/c1-91(2,3)64-34-46-82-78(54-64)79-55-65(92(4,5)6)35-47-83(79)102(82)74-40-44-80-88(58-74)100(72-36-28-60(29-37-72)62-48-68(95(13,14)15)52-69(49-62)96(16,17)18)84-26-25-27-85-90(84)99(80)81-45-41-75(103-86-56-66(93(7,8)9)32-42-76(86)77-43-33-67(57-87(77)103)94(10,11)12)59-89(81)101(85)73-38-30-61(31-39-73)63-50-70(97(19,20)21)53-71(51-63)98(22,23)24/h25-59H,1-24H3. The van der Waals surface area contributed by atoms with E-state index >= 15 is 0 Å². The van der Waals surface area contributed by atoms with Crippen LogP contribution in [-0.2, 0) is 43.3 Å². The van der Waals surface area contributed by atoms with Gasteiger partial charge in [-0.15, -0.1) is 0 Å². The first-order valence-corrected chi connectivity index (χ1v) is 37.8. The second-order valence-electron chi connectivity index (χ2n) is 38.6. The average Bonchev–Trinajstić information content (AvgIpc) is 1.13. The molecular formula is C98H107BN4. The molecule has 0 saturated heterocycles. The molecule has 0 aliphatic carbocycles. The van der Waals surface area contributed by atoms with Gasteiger partial charge >= 0.3 is 0 Å². The third-order valence-electron chi connectivity index (χ3n) is 22.7. The molecule has 0 N–H and O–H groups in total. The molecule has 15 rings (SSSR count). The van der Waals surface area contributed by atoms with Gasteiger partial charge in [0.1, 0.15) is 0 Å². The molecule has 0 spiro atoms. The highest BCUT2D eigenvalue weighted by atomic mass is 15.2. The van der Waals surface area contributed by atoms with Crippen molar-refractivity contribution < 1.29 is 0 Å². The van der Waals surface area contributed by atoms with E-state index in [1.165, 1.54) is 150 Å². The Bertz CT molecular complexity index is 5360. The topological polar surface area (TPSA) is 16.3 Å². The quantitative estimate of drug-likeness (QED) is 0.154. The predicted octanol–water partition coefficient (Wildman–Crippen LogP) is 25.7. The number of fused-ring (bicyclic) bond motifs is 10. The van der Waals surface area contributed by atoms with E-state index in [-0.39, 0.29) is 50.0 Å². The molecule has 0 saturated carbocycles. The first-order chi connectivity index (χ1) is 48.1. The summed E-state index contributed by atoms with van der Waals surface area (Å²) in [6.07, 6.45) is 0. The number of aromatic nitrogens is 2. The van der Waals surface area contributed by atoms with Crippen molar-refractivity contribution in [3.8, 4) is 33.6 Å². The monoisotopic (exact) mass is 1350 g/mol. The van der Waals surface area contributed by atoms with Crippen LogP contribution in [0.25, 0.3) is 77.2 Å². The number of benzene rings is 11. The Morgan fingerprint density at radius 2 is 0.515 bits per heavy atom. The van der Waals surface area contributed by atoms with E-state index in [0.717, 1.165) is 22.7 Å². The van der Waals surface area contributed by atoms with Gasteiger partial charge in [-0.1, -0.05) is 281 Å². The summed E-state index contributed by atoms with van der Waals surface area (Å²) in [5, 5.41) is 5.09. The van der Waals surface area contributed by atoms with Crippen molar-refractivity contribution in [2.75, 3.05) is 9.80 Å². The van der Waals surface area contributed by atoms with Crippen molar-refractivity contribution in [3.63, 3.8) is 0 Å². The van der Waals surface area contributed by atoms with Crippen LogP contribution in [0.15, 0.2) is 212 Å². The molecule has 4 heterocycles. The fourth-order valence-corrected chi connectivity index (χ4v) is 16.1. The normalized spacial score (nSPS) is 14.0. The molecule has 11 aromatic carbocycles. The minimum Gasteiger partial charge on any atom is -0.311 e. The lowest BCUT2D eigenvalue weighted by molar-refractivity contribution is 0.568. The highest BCUT2D eigenvalue weighted by Gasteiger charge is 2.44. The fourth-order valence-electron chi connectivity index (χ4n) is 16.1. The van der Waals surface area contributed by atoms with Crippen molar-refractivity contribution in [3.05, 3.63) is 257 Å². The van der Waals surface area contributed by atoms with E-state index in [1.54, 1.807) is 0 Å². The van der Waals surface area contributed by atoms with E-state index in [0.29, 0.717) is 0 Å². The molecule has 0 fully saturated rings. The van der Waals surface area contributed by atoms with E-state index in [2.05, 4.69) is 397 Å². The molecule has 0 radical (unpaired) electrons. The molecule has 4 nitrogen and oxygen atoms in total. The lowest BCUT2D eigenvalue weighted by atomic mass is 9.33. The minimum absolute atomic E-state index is 0.0180. The lowest BCUT2D eigenvalue weighted by Gasteiger charge is -2.44. The molecule has 2 aromatic heterocycles. The maximum atomic E-state index is 2.60. The summed E-state index contributed by atoms with van der Waals surface area (Å²) in [5.41, 5.74) is 33.2. The van der Waals surface area contributed by atoms with Gasteiger partial charge in [0.25, 0.3) is 6.71 Å². The van der Waals surface area contributed by atoms with Crippen LogP contribution < -0.4 is 26.2 Å². The van der Waals surface area contributed by atoms with Gasteiger partial charge in [0.05, 0.1) is 22.1 Å². The number of anilines is 6. The van der Waals surface area contributed by atoms with Crippen LogP contribution in [0, 0.1) is 0 Å². The van der Waals surface area contributed by atoms with Gasteiger partial charge in [0.15, 0.2) is 0 Å².